The Morgan fingerprint density at radius 1 is 1.31 bits per heavy atom. The third-order valence-electron chi connectivity index (χ3n) is 3.00. The molecule has 0 aromatic carbocycles. The number of ketones is 1. The Morgan fingerprint density at radius 2 is 1.94 bits per heavy atom. The van der Waals surface area contributed by atoms with Crippen molar-refractivity contribution in [3.63, 3.8) is 0 Å². The van der Waals surface area contributed by atoms with Crippen molar-refractivity contribution in [2.24, 2.45) is 11.3 Å². The van der Waals surface area contributed by atoms with Crippen LogP contribution in [-0.4, -0.2) is 25.7 Å². The van der Waals surface area contributed by atoms with E-state index in [9.17, 15) is 13.2 Å². The lowest BCUT2D eigenvalue weighted by atomic mass is 9.88. The van der Waals surface area contributed by atoms with E-state index in [1.54, 1.807) is 0 Å². The summed E-state index contributed by atoms with van der Waals surface area (Å²) in [5.74, 6) is 0.785. The van der Waals surface area contributed by atoms with Gasteiger partial charge in [0.25, 0.3) is 0 Å². The van der Waals surface area contributed by atoms with Crippen molar-refractivity contribution >= 4 is 15.6 Å². The van der Waals surface area contributed by atoms with Gasteiger partial charge in [-0.05, 0) is 24.2 Å². The molecule has 1 atom stereocenters. The molecular formula is C12H22O3S. The van der Waals surface area contributed by atoms with Crippen molar-refractivity contribution in [1.82, 2.24) is 0 Å². The highest BCUT2D eigenvalue weighted by Gasteiger charge is 2.29. The van der Waals surface area contributed by atoms with Crippen molar-refractivity contribution in [3.05, 3.63) is 0 Å². The third kappa shape index (κ3) is 5.10. The normalized spacial score (nSPS) is 24.6. The van der Waals surface area contributed by atoms with E-state index in [2.05, 4.69) is 20.8 Å². The van der Waals surface area contributed by atoms with Crippen LogP contribution in [0.2, 0.25) is 0 Å². The first-order chi connectivity index (χ1) is 7.18. The molecule has 0 spiro atoms. The van der Waals surface area contributed by atoms with Crippen LogP contribution in [-0.2, 0) is 14.6 Å². The molecule has 1 fully saturated rings. The number of rotatable bonds is 4. The molecule has 0 saturated carbocycles. The van der Waals surface area contributed by atoms with Crippen LogP contribution >= 0.6 is 0 Å². The summed E-state index contributed by atoms with van der Waals surface area (Å²) in [7, 11) is -2.84. The Labute approximate surface area is 98.5 Å². The second-order valence-electron chi connectivity index (χ2n) is 6.07. The van der Waals surface area contributed by atoms with Gasteiger partial charge >= 0.3 is 0 Å². The molecule has 16 heavy (non-hydrogen) atoms. The fraction of sp³-hybridized carbons (Fsp3) is 0.917. The first-order valence-corrected chi connectivity index (χ1v) is 7.72. The van der Waals surface area contributed by atoms with Gasteiger partial charge in [-0.1, -0.05) is 20.8 Å². The Bertz CT molecular complexity index is 349. The van der Waals surface area contributed by atoms with Crippen LogP contribution in [0.1, 0.15) is 46.5 Å². The van der Waals surface area contributed by atoms with Gasteiger partial charge in [0, 0.05) is 12.8 Å². The summed E-state index contributed by atoms with van der Waals surface area (Å²) in [6.07, 6.45) is 2.59. The van der Waals surface area contributed by atoms with Gasteiger partial charge in [0.05, 0.1) is 11.5 Å². The zero-order valence-electron chi connectivity index (χ0n) is 10.5. The maximum Gasteiger partial charge on any atom is 0.150 e. The molecule has 1 heterocycles. The Balaban J connectivity index is 2.31. The Hall–Kier alpha value is -0.380. The van der Waals surface area contributed by atoms with E-state index in [4.69, 9.17) is 0 Å². The standard InChI is InChI=1S/C12H22O3S/c1-12(2,3)6-4-11(13)8-10-5-7-16(14,15)9-10/h10H,4-9H2,1-3H3. The fourth-order valence-electron chi connectivity index (χ4n) is 1.97. The highest BCUT2D eigenvalue weighted by molar-refractivity contribution is 7.91. The lowest BCUT2D eigenvalue weighted by Gasteiger charge is -2.17. The van der Waals surface area contributed by atoms with Gasteiger partial charge in [-0.15, -0.1) is 0 Å². The van der Waals surface area contributed by atoms with E-state index >= 15 is 0 Å². The van der Waals surface area contributed by atoms with Crippen LogP contribution in [0.3, 0.4) is 0 Å². The molecule has 1 saturated heterocycles. The number of carbonyl (C=O) groups is 1. The molecule has 0 aromatic rings. The van der Waals surface area contributed by atoms with Crippen LogP contribution in [0.4, 0.5) is 0 Å². The maximum absolute atomic E-state index is 11.7. The summed E-state index contributed by atoms with van der Waals surface area (Å²) < 4.78 is 22.5. The molecule has 0 bridgehead atoms. The third-order valence-corrected chi connectivity index (χ3v) is 4.83. The second-order valence-corrected chi connectivity index (χ2v) is 8.30. The predicted octanol–water partition coefficient (Wildman–Crippen LogP) is 2.21. The SMILES string of the molecule is CC(C)(C)CCC(=O)CC1CCS(=O)(=O)C1. The average molecular weight is 246 g/mol. The molecule has 0 amide bonds. The van der Waals surface area contributed by atoms with E-state index in [1.165, 1.54) is 0 Å². The molecule has 1 unspecified atom stereocenters. The number of sulfone groups is 1. The molecule has 4 heteroatoms. The summed E-state index contributed by atoms with van der Waals surface area (Å²) in [6, 6.07) is 0. The zero-order valence-corrected chi connectivity index (χ0v) is 11.3. The van der Waals surface area contributed by atoms with Crippen molar-refractivity contribution in [1.29, 1.82) is 0 Å². The highest BCUT2D eigenvalue weighted by atomic mass is 32.2. The maximum atomic E-state index is 11.7. The molecular weight excluding hydrogens is 224 g/mol. The largest absolute Gasteiger partial charge is 0.300 e. The monoisotopic (exact) mass is 246 g/mol. The topological polar surface area (TPSA) is 51.2 Å². The van der Waals surface area contributed by atoms with Crippen molar-refractivity contribution < 1.29 is 13.2 Å². The van der Waals surface area contributed by atoms with Gasteiger partial charge in [-0.25, -0.2) is 8.42 Å². The minimum atomic E-state index is -2.84. The Morgan fingerprint density at radius 3 is 2.38 bits per heavy atom. The van der Waals surface area contributed by atoms with Crippen LogP contribution in [0.5, 0.6) is 0 Å². The van der Waals surface area contributed by atoms with Gasteiger partial charge in [-0.2, -0.15) is 0 Å². The van der Waals surface area contributed by atoms with Crippen LogP contribution in [0.25, 0.3) is 0 Å². The molecule has 1 rings (SSSR count). The molecule has 0 radical (unpaired) electrons. The molecule has 94 valence electrons. The summed E-state index contributed by atoms with van der Waals surface area (Å²) >= 11 is 0. The summed E-state index contributed by atoms with van der Waals surface area (Å²) in [4.78, 5) is 11.7. The predicted molar refractivity (Wildman–Crippen MR) is 65.1 cm³/mol. The first-order valence-electron chi connectivity index (χ1n) is 5.90. The van der Waals surface area contributed by atoms with Crippen LogP contribution in [0.15, 0.2) is 0 Å². The zero-order chi connectivity index (χ0) is 12.4. The number of Topliss-reactive ketones (excluding diaryl/α,β-unsaturated/α-hetero) is 1. The minimum Gasteiger partial charge on any atom is -0.300 e. The van der Waals surface area contributed by atoms with Crippen molar-refractivity contribution in [2.75, 3.05) is 11.5 Å². The molecule has 0 aliphatic carbocycles. The number of hydrogen-bond donors (Lipinski definition) is 0. The quantitative estimate of drug-likeness (QED) is 0.764. The Kier molecular flexibility index (Phi) is 4.16. The van der Waals surface area contributed by atoms with Gasteiger partial charge in [0.15, 0.2) is 9.84 Å². The van der Waals surface area contributed by atoms with Gasteiger partial charge in [0.1, 0.15) is 5.78 Å². The van der Waals surface area contributed by atoms with E-state index in [0.29, 0.717) is 19.3 Å². The smallest absolute Gasteiger partial charge is 0.150 e. The van der Waals surface area contributed by atoms with Crippen molar-refractivity contribution in [3.8, 4) is 0 Å². The molecule has 1 aliphatic rings. The van der Waals surface area contributed by atoms with Crippen LogP contribution in [0, 0.1) is 11.3 Å². The number of hydrogen-bond acceptors (Lipinski definition) is 3. The summed E-state index contributed by atoms with van der Waals surface area (Å²) in [5, 5.41) is 0. The van der Waals surface area contributed by atoms with Gasteiger partial charge in [-0.3, -0.25) is 4.79 Å². The average Bonchev–Trinajstić information content (AvgIpc) is 2.41. The molecule has 0 N–H and O–H groups in total. The van der Waals surface area contributed by atoms with E-state index in [0.717, 1.165) is 6.42 Å². The first kappa shape index (κ1) is 13.7. The molecule has 1 aliphatic heterocycles. The second kappa shape index (κ2) is 4.86. The van der Waals surface area contributed by atoms with E-state index < -0.39 is 9.84 Å². The van der Waals surface area contributed by atoms with Gasteiger partial charge < -0.3 is 0 Å². The lowest BCUT2D eigenvalue weighted by Crippen LogP contribution is -2.13. The highest BCUT2D eigenvalue weighted by Crippen LogP contribution is 2.25. The molecule has 0 aromatic heterocycles. The summed E-state index contributed by atoms with van der Waals surface area (Å²) in [6.45, 7) is 6.33. The minimum absolute atomic E-state index is 0.0810. The molecule has 3 nitrogen and oxygen atoms in total. The van der Waals surface area contributed by atoms with Crippen molar-refractivity contribution in [2.45, 2.75) is 46.5 Å². The fourth-order valence-corrected chi connectivity index (χ4v) is 3.83. The lowest BCUT2D eigenvalue weighted by molar-refractivity contribution is -0.120. The van der Waals surface area contributed by atoms with E-state index in [-0.39, 0.29) is 28.6 Å². The number of carbonyl (C=O) groups excluding carboxylic acids is 1. The van der Waals surface area contributed by atoms with E-state index in [1.807, 2.05) is 0 Å². The summed E-state index contributed by atoms with van der Waals surface area (Å²) in [5.41, 5.74) is 0.178. The van der Waals surface area contributed by atoms with Crippen LogP contribution < -0.4 is 0 Å². The van der Waals surface area contributed by atoms with Gasteiger partial charge in [0.2, 0.25) is 0 Å².